The van der Waals surface area contributed by atoms with Crippen molar-refractivity contribution in [3.8, 4) is 11.5 Å². The third kappa shape index (κ3) is 19.7. The van der Waals surface area contributed by atoms with Gasteiger partial charge in [0.15, 0.2) is 0 Å². The van der Waals surface area contributed by atoms with Gasteiger partial charge >= 0.3 is 24.2 Å². The van der Waals surface area contributed by atoms with Crippen LogP contribution in [0.2, 0.25) is 0 Å². The molecule has 0 aliphatic rings. The van der Waals surface area contributed by atoms with Gasteiger partial charge in [-0.15, -0.1) is 0 Å². The Morgan fingerprint density at radius 2 is 0.891 bits per heavy atom. The quantitative estimate of drug-likeness (QED) is 0.0831. The number of carbonyl (C=O) groups is 4. The van der Waals surface area contributed by atoms with Crippen molar-refractivity contribution in [2.24, 2.45) is 0 Å². The largest absolute Gasteiger partial charge is 0.514 e. The standard InChI is InChI=1S/C22H26O5.C15H15BrO3.C7H12O2/c1-21(2,3)26-19(23)12-8-15-7-9-17-14-18(11-10-16(17)13-15)25-20(24)27-22(4,5)6;1-15(2,3)19-14(17)18-13-7-5-10-8-12(16)6-4-11(10)9-13;1-5-6(8)9-7(2,3)4/h7-14H,1-6H3;4-9H,1-3H3;5H,1H2,2-4H3/b12-8+;;. The van der Waals surface area contributed by atoms with Crippen molar-refractivity contribution < 1.29 is 47.6 Å². The van der Waals surface area contributed by atoms with Gasteiger partial charge in [-0.3, -0.25) is 0 Å². The molecule has 4 aromatic carbocycles. The number of benzene rings is 4. The van der Waals surface area contributed by atoms with Crippen molar-refractivity contribution in [1.82, 2.24) is 0 Å². The molecule has 0 amide bonds. The zero-order valence-electron chi connectivity index (χ0n) is 33.8. The Kier molecular flexibility index (Phi) is 16.3. The minimum atomic E-state index is -0.737. The third-order valence-corrected chi connectivity index (χ3v) is 6.68. The van der Waals surface area contributed by atoms with Gasteiger partial charge in [0, 0.05) is 16.6 Å². The van der Waals surface area contributed by atoms with E-state index < -0.39 is 34.7 Å². The van der Waals surface area contributed by atoms with Crippen molar-refractivity contribution in [3.63, 3.8) is 0 Å². The first kappa shape index (κ1) is 46.0. The van der Waals surface area contributed by atoms with Crippen molar-refractivity contribution >= 4 is 67.8 Å². The zero-order valence-corrected chi connectivity index (χ0v) is 35.4. The van der Waals surface area contributed by atoms with E-state index >= 15 is 0 Å². The highest BCUT2D eigenvalue weighted by molar-refractivity contribution is 9.10. The van der Waals surface area contributed by atoms with Crippen LogP contribution in [0.1, 0.15) is 88.6 Å². The molecule has 0 aliphatic carbocycles. The summed E-state index contributed by atoms with van der Waals surface area (Å²) in [6, 6.07) is 22.4. The lowest BCUT2D eigenvalue weighted by molar-refractivity contribution is -0.149. The van der Waals surface area contributed by atoms with Gasteiger partial charge in [-0.25, -0.2) is 19.2 Å². The van der Waals surface area contributed by atoms with Crippen LogP contribution in [-0.2, 0) is 28.5 Å². The minimum absolute atomic E-state index is 0.373. The Morgan fingerprint density at radius 1 is 0.509 bits per heavy atom. The zero-order chi connectivity index (χ0) is 41.8. The van der Waals surface area contributed by atoms with E-state index in [9.17, 15) is 19.2 Å². The van der Waals surface area contributed by atoms with Gasteiger partial charge in [-0.1, -0.05) is 52.8 Å². The van der Waals surface area contributed by atoms with Crippen LogP contribution < -0.4 is 9.47 Å². The van der Waals surface area contributed by atoms with E-state index in [1.165, 1.54) is 6.08 Å². The molecule has 296 valence electrons. The summed E-state index contributed by atoms with van der Waals surface area (Å²) in [4.78, 5) is 45.6. The van der Waals surface area contributed by atoms with Gasteiger partial charge in [-0.2, -0.15) is 0 Å². The second-order valence-corrected chi connectivity index (χ2v) is 17.1. The lowest BCUT2D eigenvalue weighted by atomic mass is 10.1. The number of carbonyl (C=O) groups excluding carboxylic acids is 4. The van der Waals surface area contributed by atoms with Crippen molar-refractivity contribution in [2.45, 2.75) is 105 Å². The summed E-state index contributed by atoms with van der Waals surface area (Å²) >= 11 is 3.42. The number of hydrogen-bond donors (Lipinski definition) is 0. The molecule has 0 saturated heterocycles. The summed E-state index contributed by atoms with van der Waals surface area (Å²) in [5, 5.41) is 3.94. The fourth-order valence-corrected chi connectivity index (χ4v) is 4.62. The summed E-state index contributed by atoms with van der Waals surface area (Å²) in [5.74, 6) is 0.129. The van der Waals surface area contributed by atoms with Gasteiger partial charge in [0.1, 0.15) is 33.9 Å². The van der Waals surface area contributed by atoms with Crippen LogP contribution in [-0.4, -0.2) is 46.7 Å². The predicted molar refractivity (Wildman–Crippen MR) is 220 cm³/mol. The molecule has 0 fully saturated rings. The van der Waals surface area contributed by atoms with Crippen LogP contribution >= 0.6 is 15.9 Å². The van der Waals surface area contributed by atoms with Crippen LogP contribution in [0.4, 0.5) is 9.59 Å². The number of fused-ring (bicyclic) bond motifs is 2. The van der Waals surface area contributed by atoms with Crippen LogP contribution in [0.25, 0.3) is 27.6 Å². The highest BCUT2D eigenvalue weighted by atomic mass is 79.9. The molecule has 0 N–H and O–H groups in total. The summed E-state index contributed by atoms with van der Waals surface area (Å²) in [6.45, 7) is 24.9. The Hall–Kier alpha value is -5.16. The molecule has 4 aromatic rings. The maximum absolute atomic E-state index is 11.8. The number of ether oxygens (including phenoxy) is 6. The highest BCUT2D eigenvalue weighted by Crippen LogP contribution is 2.26. The summed E-state index contributed by atoms with van der Waals surface area (Å²) in [7, 11) is 0. The number of halogens is 1. The molecule has 0 atom stereocenters. The van der Waals surface area contributed by atoms with Crippen LogP contribution in [0, 0.1) is 0 Å². The van der Waals surface area contributed by atoms with Crippen molar-refractivity contribution in [3.05, 3.63) is 102 Å². The van der Waals surface area contributed by atoms with E-state index in [-0.39, 0.29) is 11.9 Å². The smallest absolute Gasteiger partial charge is 0.457 e. The molecule has 0 heterocycles. The average molecular weight is 822 g/mol. The molecule has 0 radical (unpaired) electrons. The summed E-state index contributed by atoms with van der Waals surface area (Å²) in [6.07, 6.45) is 2.85. The first-order valence-electron chi connectivity index (χ1n) is 17.5. The molecule has 0 unspecified atom stereocenters. The minimum Gasteiger partial charge on any atom is -0.457 e. The topological polar surface area (TPSA) is 124 Å². The Balaban J connectivity index is 0.000000323. The Morgan fingerprint density at radius 3 is 1.31 bits per heavy atom. The lowest BCUT2D eigenvalue weighted by Gasteiger charge is -2.18. The molecule has 0 spiro atoms. The van der Waals surface area contributed by atoms with Gasteiger partial charge in [0.2, 0.25) is 0 Å². The molecule has 0 saturated carbocycles. The molecular formula is C44H53BrO10. The van der Waals surface area contributed by atoms with Crippen LogP contribution in [0.5, 0.6) is 11.5 Å². The SMILES string of the molecule is C=CC(=O)OC(C)(C)C.CC(C)(C)OC(=O)/C=C/c1ccc2cc(OC(=O)OC(C)(C)C)ccc2c1.CC(C)(C)OC(=O)Oc1ccc2cc(Br)ccc2c1. The van der Waals surface area contributed by atoms with Crippen molar-refractivity contribution in [2.75, 3.05) is 0 Å². The number of esters is 2. The average Bonchev–Trinajstić information content (AvgIpc) is 3.01. The van der Waals surface area contributed by atoms with E-state index in [2.05, 4.69) is 22.5 Å². The third-order valence-electron chi connectivity index (χ3n) is 6.18. The summed E-state index contributed by atoms with van der Waals surface area (Å²) < 4.78 is 31.7. The monoisotopic (exact) mass is 820 g/mol. The molecule has 0 bridgehead atoms. The van der Waals surface area contributed by atoms with E-state index in [1.807, 2.05) is 96.1 Å². The predicted octanol–water partition coefficient (Wildman–Crippen LogP) is 11.9. The maximum Gasteiger partial charge on any atom is 0.514 e. The Bertz CT molecular complexity index is 2000. The lowest BCUT2D eigenvalue weighted by Crippen LogP contribution is -2.25. The molecular weight excluding hydrogens is 768 g/mol. The number of rotatable bonds is 5. The fraction of sp³-hybridized carbons (Fsp3) is 0.364. The Labute approximate surface area is 332 Å². The van der Waals surface area contributed by atoms with E-state index in [0.717, 1.165) is 37.7 Å². The normalized spacial score (nSPS) is 11.7. The van der Waals surface area contributed by atoms with E-state index in [1.54, 1.807) is 65.8 Å². The second kappa shape index (κ2) is 19.4. The molecule has 11 heteroatoms. The molecule has 0 aromatic heterocycles. The molecule has 10 nitrogen and oxygen atoms in total. The second-order valence-electron chi connectivity index (χ2n) is 16.2. The van der Waals surface area contributed by atoms with Crippen LogP contribution in [0.15, 0.2) is 96.0 Å². The summed E-state index contributed by atoms with van der Waals surface area (Å²) in [5.41, 5.74) is -1.21. The van der Waals surface area contributed by atoms with E-state index in [0.29, 0.717) is 11.5 Å². The maximum atomic E-state index is 11.8. The first-order valence-corrected chi connectivity index (χ1v) is 18.3. The first-order chi connectivity index (χ1) is 25.2. The van der Waals surface area contributed by atoms with Gasteiger partial charge < -0.3 is 28.4 Å². The van der Waals surface area contributed by atoms with Crippen molar-refractivity contribution in [1.29, 1.82) is 0 Å². The van der Waals surface area contributed by atoms with Gasteiger partial charge in [-0.05, 0) is 159 Å². The molecule has 55 heavy (non-hydrogen) atoms. The molecule has 4 rings (SSSR count). The van der Waals surface area contributed by atoms with Gasteiger partial charge in [0.25, 0.3) is 0 Å². The highest BCUT2D eigenvalue weighted by Gasteiger charge is 2.19. The van der Waals surface area contributed by atoms with Crippen LogP contribution in [0.3, 0.4) is 0 Å². The fourth-order valence-electron chi connectivity index (χ4n) is 4.25. The number of hydrogen-bond acceptors (Lipinski definition) is 10. The van der Waals surface area contributed by atoms with Gasteiger partial charge in [0.05, 0.1) is 0 Å². The molecule has 0 aliphatic heterocycles. The van der Waals surface area contributed by atoms with E-state index in [4.69, 9.17) is 28.4 Å².